The largest absolute Gasteiger partial charge is 0.462 e. The van der Waals surface area contributed by atoms with E-state index in [9.17, 15) is 4.79 Å². The quantitative estimate of drug-likeness (QED) is 0.112. The maximum Gasteiger partial charge on any atom is 0.338 e. The van der Waals surface area contributed by atoms with E-state index in [0.29, 0.717) is 12.2 Å². The molecule has 0 aliphatic rings. The third-order valence-corrected chi connectivity index (χ3v) is 7.65. The van der Waals surface area contributed by atoms with Crippen molar-refractivity contribution in [3.8, 4) is 22.3 Å². The van der Waals surface area contributed by atoms with Crippen molar-refractivity contribution in [1.82, 2.24) is 0 Å². The standard InChI is InChI=1S/C37H50O3/c1-4-6-8-9-10-11-12-13-14-17-29-39-30(3)31-20-22-32(23-21-31)33-24-26-34(27-25-33)35-18-15-16-19-36(35)37(38)40-28-7-5-2/h15-16,18-27,30H,4-14,17,28-29H2,1-3H3. The van der Waals surface area contributed by atoms with Crippen LogP contribution in [-0.4, -0.2) is 19.2 Å². The van der Waals surface area contributed by atoms with Gasteiger partial charge in [-0.25, -0.2) is 4.79 Å². The molecule has 0 fully saturated rings. The lowest BCUT2D eigenvalue weighted by atomic mass is 9.96. The van der Waals surface area contributed by atoms with Crippen LogP contribution in [0.15, 0.2) is 72.8 Å². The second-order valence-electron chi connectivity index (χ2n) is 10.9. The fourth-order valence-corrected chi connectivity index (χ4v) is 5.03. The van der Waals surface area contributed by atoms with Gasteiger partial charge in [0, 0.05) is 6.61 Å². The number of esters is 1. The van der Waals surface area contributed by atoms with E-state index in [1.165, 1.54) is 68.9 Å². The molecular weight excluding hydrogens is 492 g/mol. The lowest BCUT2D eigenvalue weighted by Crippen LogP contribution is -2.07. The van der Waals surface area contributed by atoms with Gasteiger partial charge in [0.25, 0.3) is 0 Å². The molecule has 0 aliphatic carbocycles. The van der Waals surface area contributed by atoms with Gasteiger partial charge in [0.15, 0.2) is 0 Å². The van der Waals surface area contributed by atoms with Crippen molar-refractivity contribution < 1.29 is 14.3 Å². The van der Waals surface area contributed by atoms with Crippen molar-refractivity contribution in [2.45, 2.75) is 104 Å². The first-order valence-corrected chi connectivity index (χ1v) is 15.7. The predicted octanol–water partition coefficient (Wildman–Crippen LogP) is 11.0. The van der Waals surface area contributed by atoms with Gasteiger partial charge in [-0.05, 0) is 53.6 Å². The zero-order valence-corrected chi connectivity index (χ0v) is 25.1. The molecule has 3 aromatic rings. The van der Waals surface area contributed by atoms with E-state index >= 15 is 0 Å². The van der Waals surface area contributed by atoms with E-state index < -0.39 is 0 Å². The topological polar surface area (TPSA) is 35.5 Å². The number of unbranched alkanes of at least 4 members (excludes halogenated alkanes) is 10. The Kier molecular flexibility index (Phi) is 14.6. The van der Waals surface area contributed by atoms with Gasteiger partial charge >= 0.3 is 5.97 Å². The summed E-state index contributed by atoms with van der Waals surface area (Å²) in [5.74, 6) is -0.256. The Morgan fingerprint density at radius 1 is 0.600 bits per heavy atom. The summed E-state index contributed by atoms with van der Waals surface area (Å²) < 4.78 is 11.6. The molecule has 1 atom stereocenters. The van der Waals surface area contributed by atoms with Gasteiger partial charge in [-0.15, -0.1) is 0 Å². The van der Waals surface area contributed by atoms with Crippen LogP contribution in [0.2, 0.25) is 0 Å². The third kappa shape index (κ3) is 10.6. The number of hydrogen-bond acceptors (Lipinski definition) is 3. The molecular formula is C37H50O3. The van der Waals surface area contributed by atoms with E-state index in [-0.39, 0.29) is 12.1 Å². The number of carbonyl (C=O) groups excluding carboxylic acids is 1. The van der Waals surface area contributed by atoms with Gasteiger partial charge in [0.05, 0.1) is 18.3 Å². The van der Waals surface area contributed by atoms with Gasteiger partial charge in [-0.2, -0.15) is 0 Å². The van der Waals surface area contributed by atoms with Gasteiger partial charge in [0.1, 0.15) is 0 Å². The van der Waals surface area contributed by atoms with E-state index in [0.717, 1.165) is 42.6 Å². The number of hydrogen-bond donors (Lipinski definition) is 0. The van der Waals surface area contributed by atoms with Crippen LogP contribution in [0.5, 0.6) is 0 Å². The van der Waals surface area contributed by atoms with Crippen molar-refractivity contribution in [2.75, 3.05) is 13.2 Å². The second-order valence-corrected chi connectivity index (χ2v) is 10.9. The lowest BCUT2D eigenvalue weighted by Gasteiger charge is -2.14. The van der Waals surface area contributed by atoms with Crippen LogP contribution in [0.4, 0.5) is 0 Å². The molecule has 0 heterocycles. The van der Waals surface area contributed by atoms with Crippen LogP contribution >= 0.6 is 0 Å². The van der Waals surface area contributed by atoms with E-state index in [4.69, 9.17) is 9.47 Å². The van der Waals surface area contributed by atoms with Crippen molar-refractivity contribution in [1.29, 1.82) is 0 Å². The molecule has 0 bridgehead atoms. The highest BCUT2D eigenvalue weighted by molar-refractivity contribution is 5.97. The van der Waals surface area contributed by atoms with E-state index in [2.05, 4.69) is 69.3 Å². The Balaban J connectivity index is 1.45. The predicted molar refractivity (Wildman–Crippen MR) is 169 cm³/mol. The number of rotatable bonds is 19. The molecule has 0 aromatic heterocycles. The fourth-order valence-electron chi connectivity index (χ4n) is 5.03. The minimum Gasteiger partial charge on any atom is -0.462 e. The van der Waals surface area contributed by atoms with Crippen LogP contribution in [0.3, 0.4) is 0 Å². The summed E-state index contributed by atoms with van der Waals surface area (Å²) in [6.45, 7) is 7.80. The summed E-state index contributed by atoms with van der Waals surface area (Å²) in [7, 11) is 0. The summed E-state index contributed by atoms with van der Waals surface area (Å²) in [5, 5.41) is 0. The summed E-state index contributed by atoms with van der Waals surface area (Å²) in [6.07, 6.45) is 15.4. The van der Waals surface area contributed by atoms with Gasteiger partial charge < -0.3 is 9.47 Å². The van der Waals surface area contributed by atoms with E-state index in [1.54, 1.807) is 0 Å². The van der Waals surface area contributed by atoms with Crippen molar-refractivity contribution in [3.05, 3.63) is 83.9 Å². The van der Waals surface area contributed by atoms with Gasteiger partial charge in [0.2, 0.25) is 0 Å². The molecule has 40 heavy (non-hydrogen) atoms. The first-order chi connectivity index (χ1) is 19.6. The van der Waals surface area contributed by atoms with Crippen LogP contribution in [-0.2, 0) is 9.47 Å². The smallest absolute Gasteiger partial charge is 0.338 e. The molecule has 3 nitrogen and oxygen atoms in total. The zero-order valence-electron chi connectivity index (χ0n) is 25.1. The van der Waals surface area contributed by atoms with Crippen molar-refractivity contribution in [3.63, 3.8) is 0 Å². The molecule has 0 spiro atoms. The minimum atomic E-state index is -0.256. The van der Waals surface area contributed by atoms with Crippen LogP contribution < -0.4 is 0 Å². The highest BCUT2D eigenvalue weighted by Crippen LogP contribution is 2.29. The summed E-state index contributed by atoms with van der Waals surface area (Å²) >= 11 is 0. The van der Waals surface area contributed by atoms with Crippen LogP contribution in [0.1, 0.15) is 120 Å². The number of ether oxygens (including phenoxy) is 2. The molecule has 0 saturated heterocycles. The number of carbonyl (C=O) groups is 1. The molecule has 0 saturated carbocycles. The SMILES string of the molecule is CCCCCCCCCCCCOC(C)c1ccc(-c2ccc(-c3ccccc3C(=O)OCCCC)cc2)cc1. The first-order valence-electron chi connectivity index (χ1n) is 15.7. The normalized spacial score (nSPS) is 11.9. The Morgan fingerprint density at radius 3 is 1.75 bits per heavy atom. The highest BCUT2D eigenvalue weighted by atomic mass is 16.5. The first kappa shape index (κ1) is 31.6. The second kappa shape index (κ2) is 18.4. The molecule has 3 heteroatoms. The summed E-state index contributed by atoms with van der Waals surface area (Å²) in [4.78, 5) is 12.6. The van der Waals surface area contributed by atoms with Crippen molar-refractivity contribution in [2.24, 2.45) is 0 Å². The number of benzene rings is 3. The average molecular weight is 543 g/mol. The minimum absolute atomic E-state index is 0.101. The third-order valence-electron chi connectivity index (χ3n) is 7.65. The summed E-state index contributed by atoms with van der Waals surface area (Å²) in [5.41, 5.74) is 6.06. The Bertz CT molecular complexity index is 1100. The zero-order chi connectivity index (χ0) is 28.4. The molecule has 0 N–H and O–H groups in total. The van der Waals surface area contributed by atoms with Crippen molar-refractivity contribution >= 4 is 5.97 Å². The molecule has 1 unspecified atom stereocenters. The molecule has 0 radical (unpaired) electrons. The van der Waals surface area contributed by atoms with Crippen LogP contribution in [0.25, 0.3) is 22.3 Å². The molecule has 216 valence electrons. The van der Waals surface area contributed by atoms with Crippen LogP contribution in [0, 0.1) is 0 Å². The van der Waals surface area contributed by atoms with E-state index in [1.807, 2.05) is 24.3 Å². The highest BCUT2D eigenvalue weighted by Gasteiger charge is 2.14. The summed E-state index contributed by atoms with van der Waals surface area (Å²) in [6, 6.07) is 24.8. The maximum atomic E-state index is 12.6. The lowest BCUT2D eigenvalue weighted by molar-refractivity contribution is 0.0500. The molecule has 3 aromatic carbocycles. The monoisotopic (exact) mass is 542 g/mol. The molecule has 0 aliphatic heterocycles. The molecule has 3 rings (SSSR count). The Morgan fingerprint density at radius 2 is 1.12 bits per heavy atom. The average Bonchev–Trinajstić information content (AvgIpc) is 3.00. The van der Waals surface area contributed by atoms with Gasteiger partial charge in [-0.3, -0.25) is 0 Å². The Hall–Kier alpha value is -2.91. The Labute approximate surface area is 243 Å². The molecule has 0 amide bonds. The fraction of sp³-hybridized carbons (Fsp3) is 0.486. The van der Waals surface area contributed by atoms with Gasteiger partial charge in [-0.1, -0.05) is 145 Å². The maximum absolute atomic E-state index is 12.6.